The summed E-state index contributed by atoms with van der Waals surface area (Å²) in [6.45, 7) is 7.13. The molecule has 0 aromatic carbocycles. The molecule has 3 atom stereocenters. The number of aliphatic imine (C=N–C) groups is 1. The van der Waals surface area contributed by atoms with Gasteiger partial charge in [0.15, 0.2) is 5.96 Å². The van der Waals surface area contributed by atoms with E-state index < -0.39 is 5.60 Å². The fourth-order valence-corrected chi connectivity index (χ4v) is 2.20. The molecule has 3 unspecified atom stereocenters. The van der Waals surface area contributed by atoms with Gasteiger partial charge in [-0.05, 0) is 44.2 Å². The van der Waals surface area contributed by atoms with Gasteiger partial charge in [0.1, 0.15) is 17.1 Å². The van der Waals surface area contributed by atoms with E-state index in [-0.39, 0.29) is 0 Å². The number of hydrogen-bond acceptors (Lipinski definition) is 3. The molecule has 0 bridgehead atoms. The number of nitrogens with zero attached hydrogens (tertiary/aromatic N) is 1. The van der Waals surface area contributed by atoms with Gasteiger partial charge in [-0.25, -0.2) is 0 Å². The lowest BCUT2D eigenvalue weighted by Gasteiger charge is -2.22. The van der Waals surface area contributed by atoms with Crippen LogP contribution in [0.4, 0.5) is 0 Å². The zero-order valence-electron chi connectivity index (χ0n) is 12.7. The zero-order chi connectivity index (χ0) is 14.8. The second-order valence-corrected chi connectivity index (χ2v) is 5.96. The van der Waals surface area contributed by atoms with Crippen LogP contribution in [0.1, 0.15) is 31.8 Å². The molecule has 1 heterocycles. The van der Waals surface area contributed by atoms with Crippen molar-refractivity contribution < 1.29 is 9.52 Å². The average Bonchev–Trinajstić information content (AvgIpc) is 2.91. The number of aliphatic hydroxyl groups is 1. The van der Waals surface area contributed by atoms with Gasteiger partial charge in [-0.2, -0.15) is 0 Å². The summed E-state index contributed by atoms with van der Waals surface area (Å²) in [6.07, 6.45) is 1.29. The largest absolute Gasteiger partial charge is 0.463 e. The zero-order valence-corrected chi connectivity index (χ0v) is 12.7. The normalized spacial score (nSPS) is 25.1. The predicted octanol–water partition coefficient (Wildman–Crippen LogP) is 1.62. The van der Waals surface area contributed by atoms with Gasteiger partial charge in [0.2, 0.25) is 0 Å². The number of nitrogens with one attached hydrogen (secondary N) is 2. The Balaban J connectivity index is 1.82. The van der Waals surface area contributed by atoms with Gasteiger partial charge in [0, 0.05) is 13.6 Å². The van der Waals surface area contributed by atoms with E-state index in [0.717, 1.165) is 24.1 Å². The predicted molar refractivity (Wildman–Crippen MR) is 79.7 cm³/mol. The smallest absolute Gasteiger partial charge is 0.191 e. The molecule has 3 N–H and O–H groups in total. The van der Waals surface area contributed by atoms with Crippen molar-refractivity contribution >= 4 is 5.96 Å². The van der Waals surface area contributed by atoms with Crippen LogP contribution in [0.25, 0.3) is 0 Å². The maximum absolute atomic E-state index is 10.4. The van der Waals surface area contributed by atoms with Crippen LogP contribution in [0.15, 0.2) is 21.5 Å². The van der Waals surface area contributed by atoms with Crippen LogP contribution in [0.3, 0.4) is 0 Å². The Bertz CT molecular complexity index is 479. The monoisotopic (exact) mass is 279 g/mol. The van der Waals surface area contributed by atoms with Crippen LogP contribution in [0.5, 0.6) is 0 Å². The highest BCUT2D eigenvalue weighted by Gasteiger charge is 2.32. The third-order valence-electron chi connectivity index (χ3n) is 3.90. The lowest BCUT2D eigenvalue weighted by Crippen LogP contribution is -2.45. The summed E-state index contributed by atoms with van der Waals surface area (Å²) >= 11 is 0. The van der Waals surface area contributed by atoms with Crippen molar-refractivity contribution in [3.05, 3.63) is 23.7 Å². The van der Waals surface area contributed by atoms with E-state index in [9.17, 15) is 5.11 Å². The summed E-state index contributed by atoms with van der Waals surface area (Å²) in [6, 6.07) is 3.66. The van der Waals surface area contributed by atoms with Crippen LogP contribution in [-0.4, -0.2) is 31.2 Å². The highest BCUT2D eigenvalue weighted by molar-refractivity contribution is 5.79. The van der Waals surface area contributed by atoms with E-state index in [4.69, 9.17) is 4.42 Å². The molecule has 1 aromatic heterocycles. The SMILES string of the molecule is CN=C(NCC1CC1C)NCC(C)(O)c1ccc(C)o1. The molecule has 1 aromatic rings. The molecule has 112 valence electrons. The minimum atomic E-state index is -1.06. The van der Waals surface area contributed by atoms with Crippen molar-refractivity contribution in [2.45, 2.75) is 32.8 Å². The Morgan fingerprint density at radius 2 is 2.20 bits per heavy atom. The standard InChI is InChI=1S/C15H25N3O2/c1-10-7-12(10)8-17-14(16-4)18-9-15(3,19)13-6-5-11(2)20-13/h5-6,10,12,19H,7-9H2,1-4H3,(H2,16,17,18). The summed E-state index contributed by atoms with van der Waals surface area (Å²) < 4.78 is 5.49. The molecule has 0 aliphatic heterocycles. The molecular weight excluding hydrogens is 254 g/mol. The molecule has 5 nitrogen and oxygen atoms in total. The Kier molecular flexibility index (Phi) is 4.38. The molecule has 1 aliphatic rings. The van der Waals surface area contributed by atoms with Crippen molar-refractivity contribution in [3.63, 3.8) is 0 Å². The summed E-state index contributed by atoms with van der Waals surface area (Å²) in [5.41, 5.74) is -1.06. The van der Waals surface area contributed by atoms with E-state index in [1.54, 1.807) is 20.0 Å². The quantitative estimate of drug-likeness (QED) is 0.566. The summed E-state index contributed by atoms with van der Waals surface area (Å²) in [7, 11) is 1.73. The number of hydrogen-bond donors (Lipinski definition) is 3. The maximum atomic E-state index is 10.4. The van der Waals surface area contributed by atoms with Gasteiger partial charge in [-0.15, -0.1) is 0 Å². The second-order valence-electron chi connectivity index (χ2n) is 5.96. The summed E-state index contributed by atoms with van der Waals surface area (Å²) in [4.78, 5) is 4.17. The molecule has 1 aliphatic carbocycles. The molecule has 5 heteroatoms. The first-order valence-electron chi connectivity index (χ1n) is 7.16. The fraction of sp³-hybridized carbons (Fsp3) is 0.667. The first-order chi connectivity index (χ1) is 9.42. The molecule has 1 fully saturated rings. The van der Waals surface area contributed by atoms with Crippen LogP contribution in [-0.2, 0) is 5.60 Å². The third kappa shape index (κ3) is 3.76. The van der Waals surface area contributed by atoms with E-state index in [1.165, 1.54) is 6.42 Å². The molecule has 0 saturated heterocycles. The number of rotatable bonds is 5. The van der Waals surface area contributed by atoms with Gasteiger partial charge in [-0.1, -0.05) is 6.92 Å². The topological polar surface area (TPSA) is 69.8 Å². The van der Waals surface area contributed by atoms with E-state index in [0.29, 0.717) is 18.3 Å². The summed E-state index contributed by atoms with van der Waals surface area (Å²) in [5.74, 6) is 3.64. The first kappa shape index (κ1) is 14.9. The Morgan fingerprint density at radius 1 is 1.50 bits per heavy atom. The number of guanidine groups is 1. The highest BCUT2D eigenvalue weighted by Crippen LogP contribution is 2.36. The van der Waals surface area contributed by atoms with E-state index >= 15 is 0 Å². The van der Waals surface area contributed by atoms with E-state index in [2.05, 4.69) is 22.5 Å². The molecule has 0 radical (unpaired) electrons. The molecular formula is C15H25N3O2. The molecule has 20 heavy (non-hydrogen) atoms. The minimum Gasteiger partial charge on any atom is -0.463 e. The van der Waals surface area contributed by atoms with Crippen molar-refractivity contribution in [2.24, 2.45) is 16.8 Å². The average molecular weight is 279 g/mol. The number of furan rings is 1. The summed E-state index contributed by atoms with van der Waals surface area (Å²) in [5, 5.41) is 16.9. The molecule has 1 saturated carbocycles. The van der Waals surface area contributed by atoms with E-state index in [1.807, 2.05) is 13.0 Å². The molecule has 0 spiro atoms. The lowest BCUT2D eigenvalue weighted by molar-refractivity contribution is 0.0378. The van der Waals surface area contributed by atoms with Crippen LogP contribution in [0, 0.1) is 18.8 Å². The van der Waals surface area contributed by atoms with Gasteiger partial charge in [0.25, 0.3) is 0 Å². The highest BCUT2D eigenvalue weighted by atomic mass is 16.4. The minimum absolute atomic E-state index is 0.347. The first-order valence-corrected chi connectivity index (χ1v) is 7.16. The van der Waals surface area contributed by atoms with Crippen molar-refractivity contribution in [3.8, 4) is 0 Å². The Hall–Kier alpha value is -1.49. The molecule has 2 rings (SSSR count). The third-order valence-corrected chi connectivity index (χ3v) is 3.90. The van der Waals surface area contributed by atoms with Gasteiger partial charge in [-0.3, -0.25) is 4.99 Å². The van der Waals surface area contributed by atoms with Gasteiger partial charge < -0.3 is 20.2 Å². The van der Waals surface area contributed by atoms with Gasteiger partial charge in [0.05, 0.1) is 6.54 Å². The Labute approximate surface area is 120 Å². The van der Waals surface area contributed by atoms with Crippen LogP contribution < -0.4 is 10.6 Å². The maximum Gasteiger partial charge on any atom is 0.191 e. The van der Waals surface area contributed by atoms with Crippen LogP contribution >= 0.6 is 0 Å². The number of aryl methyl sites for hydroxylation is 1. The fourth-order valence-electron chi connectivity index (χ4n) is 2.20. The Morgan fingerprint density at radius 3 is 2.70 bits per heavy atom. The van der Waals surface area contributed by atoms with Crippen molar-refractivity contribution in [2.75, 3.05) is 20.1 Å². The molecule has 0 amide bonds. The van der Waals surface area contributed by atoms with Crippen LogP contribution in [0.2, 0.25) is 0 Å². The lowest BCUT2D eigenvalue weighted by atomic mass is 10.0. The van der Waals surface area contributed by atoms with Gasteiger partial charge >= 0.3 is 0 Å². The van der Waals surface area contributed by atoms with Crippen molar-refractivity contribution in [1.29, 1.82) is 0 Å². The van der Waals surface area contributed by atoms with Crippen molar-refractivity contribution in [1.82, 2.24) is 10.6 Å². The second kappa shape index (κ2) is 5.87.